The molecule has 5 saturated carbocycles. The molecule has 33 heavy (non-hydrogen) atoms. The van der Waals surface area contributed by atoms with Crippen LogP contribution in [-0.4, -0.2) is 22.6 Å². The quantitative estimate of drug-likeness (QED) is 0.528. The summed E-state index contributed by atoms with van der Waals surface area (Å²) < 4.78 is 0. The van der Waals surface area contributed by atoms with Crippen LogP contribution in [0.1, 0.15) is 106 Å². The Labute approximate surface area is 199 Å². The van der Waals surface area contributed by atoms with Crippen LogP contribution in [0.4, 0.5) is 0 Å². The van der Waals surface area contributed by atoms with Crippen LogP contribution in [-0.2, 0) is 14.4 Å². The molecule has 0 heterocycles. The first kappa shape index (κ1) is 23.5. The molecule has 5 aliphatic carbocycles. The molecule has 5 aliphatic rings. The summed E-state index contributed by atoms with van der Waals surface area (Å²) in [6.45, 7) is 13.5. The van der Waals surface area contributed by atoms with E-state index < -0.39 is 11.4 Å². The van der Waals surface area contributed by atoms with Gasteiger partial charge in [0.1, 0.15) is 11.6 Å². The zero-order valence-electron chi connectivity index (χ0n) is 21.6. The molecule has 0 aromatic rings. The maximum Gasteiger partial charge on any atom is 0.309 e. The van der Waals surface area contributed by atoms with Crippen LogP contribution in [0.3, 0.4) is 0 Å². The lowest BCUT2D eigenvalue weighted by Gasteiger charge is -2.72. The molecular weight excluding hydrogens is 412 g/mol. The van der Waals surface area contributed by atoms with Crippen molar-refractivity contribution in [2.45, 2.75) is 106 Å². The average Bonchev–Trinajstić information content (AvgIpc) is 3.13. The molecule has 0 unspecified atom stereocenters. The normalized spacial score (nSPS) is 52.8. The standard InChI is InChI=1S/C29H44O4/c1-17(30)18-9-14-29(24(32)33)16-15-27(5)19(23(18)29)7-8-21-26(4)12-11-22(31)25(2,3)20(26)10-13-28(21,27)6/h18-21,23H,7-16H2,1-6H3,(H,32,33)/t18-,19-,20-,21-,23-,26-,27+,28+,29-/m0/s1. The van der Waals surface area contributed by atoms with Crippen LogP contribution in [0.25, 0.3) is 0 Å². The lowest BCUT2D eigenvalue weighted by molar-refractivity contribution is -0.235. The fraction of sp³-hybridized carbons (Fsp3) is 0.897. The van der Waals surface area contributed by atoms with E-state index in [2.05, 4.69) is 34.6 Å². The van der Waals surface area contributed by atoms with Crippen molar-refractivity contribution in [3.63, 3.8) is 0 Å². The minimum absolute atomic E-state index is 0.0149. The maximum atomic E-state index is 12.9. The molecule has 0 bridgehead atoms. The van der Waals surface area contributed by atoms with Gasteiger partial charge in [-0.3, -0.25) is 14.4 Å². The van der Waals surface area contributed by atoms with Crippen molar-refractivity contribution < 1.29 is 19.5 Å². The Morgan fingerprint density at radius 1 is 0.818 bits per heavy atom. The third-order valence-electron chi connectivity index (χ3n) is 13.1. The molecule has 0 saturated heterocycles. The number of ketones is 2. The molecule has 4 heteroatoms. The van der Waals surface area contributed by atoms with Crippen LogP contribution in [0.15, 0.2) is 0 Å². The first-order valence-electron chi connectivity index (χ1n) is 13.5. The van der Waals surface area contributed by atoms with E-state index in [0.717, 1.165) is 51.4 Å². The van der Waals surface area contributed by atoms with Gasteiger partial charge in [0.2, 0.25) is 0 Å². The number of hydrogen-bond acceptors (Lipinski definition) is 3. The Bertz CT molecular complexity index is 905. The van der Waals surface area contributed by atoms with Gasteiger partial charge in [0.15, 0.2) is 0 Å². The van der Waals surface area contributed by atoms with Crippen molar-refractivity contribution in [2.24, 2.45) is 56.7 Å². The summed E-state index contributed by atoms with van der Waals surface area (Å²) in [6, 6.07) is 0. The largest absolute Gasteiger partial charge is 0.481 e. The third kappa shape index (κ3) is 2.67. The number of hydrogen-bond donors (Lipinski definition) is 1. The summed E-state index contributed by atoms with van der Waals surface area (Å²) >= 11 is 0. The van der Waals surface area contributed by atoms with Gasteiger partial charge in [-0.15, -0.1) is 0 Å². The molecule has 0 spiro atoms. The number of carboxylic acids is 1. The summed E-state index contributed by atoms with van der Waals surface area (Å²) in [4.78, 5) is 38.3. The van der Waals surface area contributed by atoms with Gasteiger partial charge in [0.05, 0.1) is 5.41 Å². The second-order valence-corrected chi connectivity index (χ2v) is 14.1. The Morgan fingerprint density at radius 3 is 2.15 bits per heavy atom. The molecule has 1 N–H and O–H groups in total. The molecule has 0 aromatic heterocycles. The van der Waals surface area contributed by atoms with Crippen LogP contribution >= 0.6 is 0 Å². The fourth-order valence-electron chi connectivity index (χ4n) is 11.2. The first-order chi connectivity index (χ1) is 15.3. The highest BCUT2D eigenvalue weighted by Crippen LogP contribution is 2.77. The zero-order chi connectivity index (χ0) is 24.2. The Hall–Kier alpha value is -1.19. The highest BCUT2D eigenvalue weighted by molar-refractivity contribution is 5.85. The number of aliphatic carboxylic acids is 1. The van der Waals surface area contributed by atoms with Gasteiger partial charge in [0, 0.05) is 17.8 Å². The highest BCUT2D eigenvalue weighted by atomic mass is 16.4. The summed E-state index contributed by atoms with van der Waals surface area (Å²) in [6.07, 6.45) is 9.16. The van der Waals surface area contributed by atoms with Gasteiger partial charge in [-0.25, -0.2) is 0 Å². The van der Waals surface area contributed by atoms with Gasteiger partial charge in [0.25, 0.3) is 0 Å². The lowest BCUT2D eigenvalue weighted by atomic mass is 9.32. The number of carboxylic acid groups (broad SMARTS) is 1. The van der Waals surface area contributed by atoms with Crippen molar-refractivity contribution in [3.05, 3.63) is 0 Å². The van der Waals surface area contributed by atoms with E-state index in [1.807, 2.05) is 0 Å². The topological polar surface area (TPSA) is 71.4 Å². The lowest BCUT2D eigenvalue weighted by Crippen LogP contribution is -2.66. The van der Waals surface area contributed by atoms with E-state index in [4.69, 9.17) is 0 Å². The smallest absolute Gasteiger partial charge is 0.309 e. The van der Waals surface area contributed by atoms with E-state index in [-0.39, 0.29) is 39.3 Å². The second-order valence-electron chi connectivity index (χ2n) is 14.1. The predicted molar refractivity (Wildman–Crippen MR) is 127 cm³/mol. The Balaban J connectivity index is 1.57. The number of carbonyl (C=O) groups excluding carboxylic acids is 2. The molecule has 5 rings (SSSR count). The van der Waals surface area contributed by atoms with Gasteiger partial charge < -0.3 is 5.11 Å². The summed E-state index contributed by atoms with van der Waals surface area (Å²) in [7, 11) is 0. The average molecular weight is 457 g/mol. The van der Waals surface area contributed by atoms with Crippen molar-refractivity contribution in [1.82, 2.24) is 0 Å². The Kier molecular flexibility index (Phi) is 4.95. The van der Waals surface area contributed by atoms with Crippen LogP contribution < -0.4 is 0 Å². The minimum Gasteiger partial charge on any atom is -0.481 e. The number of rotatable bonds is 2. The monoisotopic (exact) mass is 456 g/mol. The fourth-order valence-corrected chi connectivity index (χ4v) is 11.2. The van der Waals surface area contributed by atoms with Gasteiger partial charge in [-0.1, -0.05) is 34.6 Å². The molecule has 5 fully saturated rings. The summed E-state index contributed by atoms with van der Waals surface area (Å²) in [5.74, 6) is 1.17. The predicted octanol–water partition coefficient (Wildman–Crippen LogP) is 6.31. The molecule has 184 valence electrons. The number of Topliss-reactive ketones (excluding diaryl/α,β-unsaturated/α-hetero) is 2. The van der Waals surface area contributed by atoms with E-state index >= 15 is 0 Å². The van der Waals surface area contributed by atoms with Crippen LogP contribution in [0.2, 0.25) is 0 Å². The molecule has 0 aromatic carbocycles. The molecule has 0 radical (unpaired) electrons. The molecular formula is C29H44O4. The third-order valence-corrected chi connectivity index (χ3v) is 13.1. The van der Waals surface area contributed by atoms with E-state index in [1.54, 1.807) is 6.92 Å². The van der Waals surface area contributed by atoms with E-state index in [9.17, 15) is 19.5 Å². The zero-order valence-corrected chi connectivity index (χ0v) is 21.6. The first-order valence-corrected chi connectivity index (χ1v) is 13.5. The maximum absolute atomic E-state index is 12.9. The minimum atomic E-state index is -0.704. The van der Waals surface area contributed by atoms with Crippen LogP contribution in [0, 0.1) is 56.7 Å². The van der Waals surface area contributed by atoms with Gasteiger partial charge >= 0.3 is 5.97 Å². The molecule has 9 atom stereocenters. The molecule has 0 amide bonds. The van der Waals surface area contributed by atoms with Crippen LogP contribution in [0.5, 0.6) is 0 Å². The number of fused-ring (bicyclic) bond motifs is 7. The number of carbonyl (C=O) groups is 3. The van der Waals surface area contributed by atoms with Crippen molar-refractivity contribution >= 4 is 17.5 Å². The Morgan fingerprint density at radius 2 is 1.52 bits per heavy atom. The SMILES string of the molecule is CC(=O)[C@@H]1CC[C@]2(C(=O)O)CC[C@]3(C)[C@@H](CC[C@H]4[C@@]5(C)CCC(=O)C(C)(C)[C@@H]5CC[C@]43C)[C@H]12. The summed E-state index contributed by atoms with van der Waals surface area (Å²) in [5.41, 5.74) is -0.606. The van der Waals surface area contributed by atoms with Crippen molar-refractivity contribution in [3.8, 4) is 0 Å². The van der Waals surface area contributed by atoms with Gasteiger partial charge in [-0.2, -0.15) is 0 Å². The molecule has 0 aliphatic heterocycles. The van der Waals surface area contributed by atoms with Crippen molar-refractivity contribution in [1.29, 1.82) is 0 Å². The summed E-state index contributed by atoms with van der Waals surface area (Å²) in [5, 5.41) is 10.4. The van der Waals surface area contributed by atoms with E-state index in [1.165, 1.54) is 0 Å². The highest BCUT2D eigenvalue weighted by Gasteiger charge is 2.72. The molecule has 4 nitrogen and oxygen atoms in total. The van der Waals surface area contributed by atoms with Crippen molar-refractivity contribution in [2.75, 3.05) is 0 Å². The van der Waals surface area contributed by atoms with E-state index in [0.29, 0.717) is 36.4 Å². The second kappa shape index (κ2) is 6.94. The van der Waals surface area contributed by atoms with Gasteiger partial charge in [-0.05, 0) is 105 Å².